The van der Waals surface area contributed by atoms with E-state index < -0.39 is 11.8 Å². The Bertz CT molecular complexity index is 1420. The van der Waals surface area contributed by atoms with Crippen LogP contribution in [-0.4, -0.2) is 51.6 Å². The molecule has 0 spiro atoms. The Hall–Kier alpha value is -4.92. The van der Waals surface area contributed by atoms with Gasteiger partial charge in [0, 0.05) is 17.6 Å². The van der Waals surface area contributed by atoms with Gasteiger partial charge in [-0.25, -0.2) is 4.79 Å². The second kappa shape index (κ2) is 12.1. The number of allylic oxidation sites excluding steroid dienone is 1. The van der Waals surface area contributed by atoms with Crippen LogP contribution >= 0.6 is 0 Å². The van der Waals surface area contributed by atoms with Crippen molar-refractivity contribution in [2.24, 2.45) is 0 Å². The molecule has 1 aliphatic heterocycles. The molecule has 39 heavy (non-hydrogen) atoms. The summed E-state index contributed by atoms with van der Waals surface area (Å²) in [5, 5.41) is 10.4. The van der Waals surface area contributed by atoms with Gasteiger partial charge in [0.05, 0.1) is 26.9 Å². The maximum absolute atomic E-state index is 13.9. The third-order valence-electron chi connectivity index (χ3n) is 6.05. The molecule has 0 saturated heterocycles. The van der Waals surface area contributed by atoms with Crippen LogP contribution in [0.15, 0.2) is 72.8 Å². The Labute approximate surface area is 225 Å². The summed E-state index contributed by atoms with van der Waals surface area (Å²) < 4.78 is 32.8. The molecule has 0 fully saturated rings. The largest absolute Gasteiger partial charge is 0.497 e. The van der Waals surface area contributed by atoms with E-state index in [2.05, 4.69) is 6.58 Å². The number of ketones is 1. The maximum Gasteiger partial charge on any atom is 0.336 e. The van der Waals surface area contributed by atoms with Gasteiger partial charge in [0.1, 0.15) is 12.4 Å². The number of carbonyl (C=O) groups excluding carboxylic acids is 1. The predicted octanol–water partition coefficient (Wildman–Crippen LogP) is 4.97. The van der Waals surface area contributed by atoms with E-state index in [1.54, 1.807) is 60.7 Å². The molecule has 4 rings (SSSR count). The topological polar surface area (TPSA) is 110 Å². The van der Waals surface area contributed by atoms with Crippen molar-refractivity contribution in [3.8, 4) is 34.5 Å². The molecule has 0 atom stereocenters. The van der Waals surface area contributed by atoms with Crippen molar-refractivity contribution in [2.75, 3.05) is 34.7 Å². The van der Waals surface area contributed by atoms with Gasteiger partial charge in [-0.15, -0.1) is 0 Å². The van der Waals surface area contributed by atoms with Gasteiger partial charge in [-0.3, -0.25) is 4.79 Å². The Morgan fingerprint density at radius 2 is 1.59 bits per heavy atom. The van der Waals surface area contributed by atoms with Gasteiger partial charge in [-0.05, 0) is 59.7 Å². The fourth-order valence-electron chi connectivity index (χ4n) is 4.22. The summed E-state index contributed by atoms with van der Waals surface area (Å²) in [6.07, 6.45) is 1.53. The van der Waals surface area contributed by atoms with E-state index in [-0.39, 0.29) is 31.0 Å². The Balaban J connectivity index is 1.90. The minimum absolute atomic E-state index is 0.0294. The van der Waals surface area contributed by atoms with Crippen LogP contribution in [0.3, 0.4) is 0 Å². The van der Waals surface area contributed by atoms with Crippen molar-refractivity contribution in [3.63, 3.8) is 0 Å². The van der Waals surface area contributed by atoms with Crippen molar-refractivity contribution < 1.29 is 43.1 Å². The third-order valence-corrected chi connectivity index (χ3v) is 6.05. The van der Waals surface area contributed by atoms with Crippen molar-refractivity contribution in [1.29, 1.82) is 0 Å². The second-order valence-corrected chi connectivity index (χ2v) is 8.39. The van der Waals surface area contributed by atoms with Crippen LogP contribution in [-0.2, 0) is 11.2 Å². The Morgan fingerprint density at radius 3 is 2.23 bits per heavy atom. The zero-order chi connectivity index (χ0) is 27.9. The monoisotopic (exact) mass is 532 g/mol. The molecule has 0 aromatic heterocycles. The average Bonchev–Trinajstić information content (AvgIpc) is 3.43. The predicted molar refractivity (Wildman–Crippen MR) is 143 cm³/mol. The third kappa shape index (κ3) is 5.82. The summed E-state index contributed by atoms with van der Waals surface area (Å²) >= 11 is 0. The summed E-state index contributed by atoms with van der Waals surface area (Å²) in [4.78, 5) is 26.6. The lowest BCUT2D eigenvalue weighted by molar-refractivity contribution is -0.130. The van der Waals surface area contributed by atoms with Crippen LogP contribution in [0.2, 0.25) is 0 Å². The lowest BCUT2D eigenvalue weighted by Crippen LogP contribution is -2.14. The van der Waals surface area contributed by atoms with E-state index >= 15 is 0 Å². The molecule has 1 aliphatic rings. The smallest absolute Gasteiger partial charge is 0.336 e. The lowest BCUT2D eigenvalue weighted by atomic mass is 9.89. The summed E-state index contributed by atoms with van der Waals surface area (Å²) in [6, 6.07) is 14.6. The van der Waals surface area contributed by atoms with Gasteiger partial charge in [0.25, 0.3) is 0 Å². The van der Waals surface area contributed by atoms with Crippen LogP contribution < -0.4 is 28.4 Å². The molecule has 0 aliphatic carbocycles. The minimum atomic E-state index is -1.27. The number of rotatable bonds is 12. The molecule has 202 valence electrons. The van der Waals surface area contributed by atoms with E-state index in [1.807, 2.05) is 0 Å². The normalized spacial score (nSPS) is 12.3. The summed E-state index contributed by atoms with van der Waals surface area (Å²) in [5.41, 5.74) is 1.05. The number of hydrogen-bond donors (Lipinski definition) is 1. The average molecular weight is 533 g/mol. The fraction of sp³-hybridized carbons (Fsp3) is 0.200. The molecular formula is C30H28O9. The van der Waals surface area contributed by atoms with Gasteiger partial charge in [0.2, 0.25) is 12.5 Å². The highest BCUT2D eigenvalue weighted by Crippen LogP contribution is 2.40. The summed E-state index contributed by atoms with van der Waals surface area (Å²) in [5.74, 6) is 0.822. The molecule has 1 N–H and O–H groups in total. The van der Waals surface area contributed by atoms with E-state index in [0.29, 0.717) is 51.2 Å². The number of ether oxygens (including phenoxy) is 6. The summed E-state index contributed by atoms with van der Waals surface area (Å²) in [7, 11) is 4.49. The number of Topliss-reactive ketones (excluding diaryl/α,β-unsaturated/α-hetero) is 1. The highest BCUT2D eigenvalue weighted by molar-refractivity contribution is 6.26. The van der Waals surface area contributed by atoms with Crippen molar-refractivity contribution in [2.45, 2.75) is 6.42 Å². The quantitative estimate of drug-likeness (QED) is 0.196. The SMILES string of the molecule is C=CCOc1cc(C/C(C(=O)c2ccc(OC)cc2)=C(\C(=O)O)c2ccc3c(c2)OCO3)cc(OC)c1OC. The van der Waals surface area contributed by atoms with Gasteiger partial charge in [0.15, 0.2) is 28.8 Å². The number of methoxy groups -OCH3 is 3. The van der Waals surface area contributed by atoms with Crippen molar-refractivity contribution in [1.82, 2.24) is 0 Å². The van der Waals surface area contributed by atoms with E-state index in [9.17, 15) is 14.7 Å². The molecule has 9 nitrogen and oxygen atoms in total. The minimum Gasteiger partial charge on any atom is -0.497 e. The molecule has 0 saturated carbocycles. The molecular weight excluding hydrogens is 504 g/mol. The first-order chi connectivity index (χ1) is 18.9. The Kier molecular flexibility index (Phi) is 8.40. The van der Waals surface area contributed by atoms with Crippen molar-refractivity contribution in [3.05, 3.63) is 89.5 Å². The fourth-order valence-corrected chi connectivity index (χ4v) is 4.22. The first kappa shape index (κ1) is 27.1. The number of carboxylic acids is 1. The molecule has 0 bridgehead atoms. The van der Waals surface area contributed by atoms with Crippen LogP contribution in [0, 0.1) is 0 Å². The molecule has 0 unspecified atom stereocenters. The molecule has 0 amide bonds. The number of carbonyl (C=O) groups is 2. The molecule has 3 aromatic rings. The highest BCUT2D eigenvalue weighted by Gasteiger charge is 2.27. The molecule has 9 heteroatoms. The molecule has 1 heterocycles. The molecule has 3 aromatic carbocycles. The standard InChI is InChI=1S/C30H28O9/c1-5-12-37-26-15-18(14-25(35-3)29(26)36-4)13-22(28(31)19-6-9-21(34-2)10-7-19)27(30(32)33)20-8-11-23-24(16-20)39-17-38-23/h5-11,14-16H,1,12-13,17H2,2-4H3,(H,32,33)/b27-22+. The van der Waals surface area contributed by atoms with Gasteiger partial charge < -0.3 is 33.5 Å². The first-order valence-corrected chi connectivity index (χ1v) is 11.9. The maximum atomic E-state index is 13.9. The second-order valence-electron chi connectivity index (χ2n) is 8.39. The highest BCUT2D eigenvalue weighted by atomic mass is 16.7. The zero-order valence-corrected chi connectivity index (χ0v) is 21.8. The van der Waals surface area contributed by atoms with Crippen LogP contribution in [0.5, 0.6) is 34.5 Å². The number of benzene rings is 3. The van der Waals surface area contributed by atoms with Crippen molar-refractivity contribution >= 4 is 17.3 Å². The van der Waals surface area contributed by atoms with Gasteiger partial charge in [-0.1, -0.05) is 18.7 Å². The van der Waals surface area contributed by atoms with Gasteiger partial charge in [-0.2, -0.15) is 0 Å². The van der Waals surface area contributed by atoms with Crippen LogP contribution in [0.1, 0.15) is 21.5 Å². The van der Waals surface area contributed by atoms with E-state index in [0.717, 1.165) is 0 Å². The lowest BCUT2D eigenvalue weighted by Gasteiger charge is -2.17. The van der Waals surface area contributed by atoms with Crippen LogP contribution in [0.4, 0.5) is 0 Å². The van der Waals surface area contributed by atoms with Gasteiger partial charge >= 0.3 is 5.97 Å². The first-order valence-electron chi connectivity index (χ1n) is 11.9. The number of aliphatic carboxylic acids is 1. The Morgan fingerprint density at radius 1 is 0.897 bits per heavy atom. The summed E-state index contributed by atoms with van der Waals surface area (Å²) in [6.45, 7) is 3.90. The molecule has 0 radical (unpaired) electrons. The van der Waals surface area contributed by atoms with Crippen LogP contribution in [0.25, 0.3) is 5.57 Å². The zero-order valence-electron chi connectivity index (χ0n) is 21.8. The number of hydrogen-bond acceptors (Lipinski definition) is 8. The van der Waals surface area contributed by atoms with E-state index in [4.69, 9.17) is 28.4 Å². The van der Waals surface area contributed by atoms with E-state index in [1.165, 1.54) is 21.3 Å². The number of carboxylic acid groups (broad SMARTS) is 1. The number of fused-ring (bicyclic) bond motifs is 1.